The quantitative estimate of drug-likeness (QED) is 0.402. The number of carbonyl (C=O) groups is 3. The Balaban J connectivity index is 1.19. The lowest BCUT2D eigenvalue weighted by Crippen LogP contribution is -2.51. The third-order valence-corrected chi connectivity index (χ3v) is 8.35. The SMILES string of the molecule is CN(O)C(=O)c1ccc(Cn2c3c(c4ccccc42)C(=O)C(CN2CCN(C(=O)C4CC4)CC2)CC3)cc1. The number of para-hydroxylation sites is 1. The van der Waals surface area contributed by atoms with E-state index < -0.39 is 5.91 Å². The van der Waals surface area contributed by atoms with Gasteiger partial charge in [0.2, 0.25) is 5.91 Å². The summed E-state index contributed by atoms with van der Waals surface area (Å²) in [6.07, 6.45) is 3.74. The molecule has 1 aliphatic heterocycles. The summed E-state index contributed by atoms with van der Waals surface area (Å²) in [6, 6.07) is 15.4. The molecule has 2 heterocycles. The van der Waals surface area contributed by atoms with Gasteiger partial charge in [0.1, 0.15) is 0 Å². The van der Waals surface area contributed by atoms with Crippen molar-refractivity contribution in [2.75, 3.05) is 39.8 Å². The van der Waals surface area contributed by atoms with E-state index in [-0.39, 0.29) is 17.6 Å². The number of carbonyl (C=O) groups excluding carboxylic acids is 3. The fraction of sp³-hybridized carbons (Fsp3) is 0.433. The number of nitrogens with zero attached hydrogens (tertiary/aromatic N) is 4. The van der Waals surface area contributed by atoms with E-state index in [1.165, 1.54) is 7.05 Å². The fourth-order valence-corrected chi connectivity index (χ4v) is 6.07. The molecule has 0 radical (unpaired) electrons. The lowest BCUT2D eigenvalue weighted by molar-refractivity contribution is -0.134. The van der Waals surface area contributed by atoms with E-state index >= 15 is 0 Å². The number of Topliss-reactive ketones (excluding diaryl/α,β-unsaturated/α-hetero) is 1. The van der Waals surface area contributed by atoms with Crippen molar-refractivity contribution >= 4 is 28.5 Å². The maximum atomic E-state index is 13.9. The lowest BCUT2D eigenvalue weighted by atomic mass is 9.84. The van der Waals surface area contributed by atoms with Crippen molar-refractivity contribution in [1.82, 2.24) is 19.4 Å². The van der Waals surface area contributed by atoms with Crippen LogP contribution >= 0.6 is 0 Å². The number of hydroxylamine groups is 2. The van der Waals surface area contributed by atoms with E-state index in [0.717, 1.165) is 86.1 Å². The number of ketones is 1. The van der Waals surface area contributed by atoms with Crippen LogP contribution < -0.4 is 0 Å². The normalized spacial score (nSPS) is 20.0. The molecule has 38 heavy (non-hydrogen) atoms. The Morgan fingerprint density at radius 3 is 2.37 bits per heavy atom. The molecule has 1 N–H and O–H groups in total. The van der Waals surface area contributed by atoms with E-state index in [1.54, 1.807) is 12.1 Å². The van der Waals surface area contributed by atoms with E-state index in [9.17, 15) is 19.6 Å². The second-order valence-electron chi connectivity index (χ2n) is 11.0. The zero-order valence-corrected chi connectivity index (χ0v) is 21.8. The highest BCUT2D eigenvalue weighted by atomic mass is 16.5. The number of benzene rings is 2. The molecule has 2 aromatic carbocycles. The Kier molecular flexibility index (Phi) is 6.53. The highest BCUT2D eigenvalue weighted by Crippen LogP contribution is 2.36. The smallest absolute Gasteiger partial charge is 0.276 e. The monoisotopic (exact) mass is 514 g/mol. The molecule has 0 bridgehead atoms. The van der Waals surface area contributed by atoms with Crippen LogP contribution in [-0.2, 0) is 17.8 Å². The van der Waals surface area contributed by atoms with Crippen molar-refractivity contribution in [3.05, 3.63) is 70.9 Å². The molecule has 3 aliphatic rings. The van der Waals surface area contributed by atoms with Crippen LogP contribution in [-0.4, -0.2) is 82.0 Å². The molecule has 1 unspecified atom stereocenters. The molecule has 8 nitrogen and oxygen atoms in total. The minimum absolute atomic E-state index is 0.0341. The molecule has 198 valence electrons. The van der Waals surface area contributed by atoms with Crippen LogP contribution in [0, 0.1) is 11.8 Å². The standard InChI is InChI=1S/C30H34N4O4/c1-31(38)29(36)21-8-6-20(7-9-21)18-34-25-5-3-2-4-24(25)27-26(34)13-12-23(28(27)35)19-32-14-16-33(17-15-32)30(37)22-10-11-22/h2-9,22-23,38H,10-19H2,1H3. The summed E-state index contributed by atoms with van der Waals surface area (Å²) in [5.41, 5.74) is 4.44. The Morgan fingerprint density at radius 1 is 0.974 bits per heavy atom. The van der Waals surface area contributed by atoms with Gasteiger partial charge in [-0.1, -0.05) is 30.3 Å². The highest BCUT2D eigenvalue weighted by molar-refractivity contribution is 6.11. The molecule has 1 atom stereocenters. The van der Waals surface area contributed by atoms with Gasteiger partial charge < -0.3 is 9.47 Å². The van der Waals surface area contributed by atoms with Crippen LogP contribution in [0.15, 0.2) is 48.5 Å². The summed E-state index contributed by atoms with van der Waals surface area (Å²) < 4.78 is 2.25. The molecule has 1 saturated heterocycles. The highest BCUT2D eigenvalue weighted by Gasteiger charge is 2.37. The van der Waals surface area contributed by atoms with Gasteiger partial charge in [0.05, 0.1) is 0 Å². The van der Waals surface area contributed by atoms with Gasteiger partial charge in [0.25, 0.3) is 5.91 Å². The molecule has 2 aliphatic carbocycles. The molecule has 8 heteroatoms. The van der Waals surface area contributed by atoms with Crippen molar-refractivity contribution in [3.63, 3.8) is 0 Å². The maximum Gasteiger partial charge on any atom is 0.276 e. The van der Waals surface area contributed by atoms with E-state index in [2.05, 4.69) is 15.5 Å². The Bertz CT molecular complexity index is 1380. The largest absolute Gasteiger partial charge is 0.340 e. The Hall–Kier alpha value is -3.49. The summed E-state index contributed by atoms with van der Waals surface area (Å²) in [7, 11) is 1.31. The van der Waals surface area contributed by atoms with Crippen LogP contribution in [0.3, 0.4) is 0 Å². The van der Waals surface area contributed by atoms with Crippen molar-refractivity contribution in [1.29, 1.82) is 0 Å². The van der Waals surface area contributed by atoms with Crippen LogP contribution in [0.1, 0.15) is 51.2 Å². The lowest BCUT2D eigenvalue weighted by Gasteiger charge is -2.37. The van der Waals surface area contributed by atoms with Gasteiger partial charge in [-0.15, -0.1) is 0 Å². The molecule has 3 aromatic rings. The van der Waals surface area contributed by atoms with Crippen molar-refractivity contribution in [2.24, 2.45) is 11.8 Å². The first kappa shape index (κ1) is 24.8. The van der Waals surface area contributed by atoms with Gasteiger partial charge in [-0.2, -0.15) is 0 Å². The van der Waals surface area contributed by atoms with Gasteiger partial charge in [-0.25, -0.2) is 5.06 Å². The second-order valence-corrected chi connectivity index (χ2v) is 11.0. The van der Waals surface area contributed by atoms with Crippen molar-refractivity contribution in [2.45, 2.75) is 32.2 Å². The zero-order chi connectivity index (χ0) is 26.4. The topological polar surface area (TPSA) is 86.1 Å². The van der Waals surface area contributed by atoms with E-state index in [0.29, 0.717) is 23.1 Å². The number of hydrogen-bond donors (Lipinski definition) is 1. The molecular weight excluding hydrogens is 480 g/mol. The van der Waals surface area contributed by atoms with Crippen LogP contribution in [0.4, 0.5) is 0 Å². The number of rotatable bonds is 6. The molecule has 0 spiro atoms. The summed E-state index contributed by atoms with van der Waals surface area (Å²) >= 11 is 0. The Labute approximate surface area is 222 Å². The first-order chi connectivity index (χ1) is 18.4. The van der Waals surface area contributed by atoms with Crippen molar-refractivity contribution in [3.8, 4) is 0 Å². The maximum absolute atomic E-state index is 13.9. The fourth-order valence-electron chi connectivity index (χ4n) is 6.07. The summed E-state index contributed by atoms with van der Waals surface area (Å²) in [4.78, 5) is 42.7. The van der Waals surface area contributed by atoms with Crippen LogP contribution in [0.2, 0.25) is 0 Å². The van der Waals surface area contributed by atoms with Crippen LogP contribution in [0.25, 0.3) is 10.9 Å². The summed E-state index contributed by atoms with van der Waals surface area (Å²) in [5.74, 6) is 0.323. The predicted octanol–water partition coefficient (Wildman–Crippen LogP) is 3.45. The van der Waals surface area contributed by atoms with Gasteiger partial charge in [0.15, 0.2) is 5.78 Å². The second kappa shape index (κ2) is 10.0. The first-order valence-corrected chi connectivity index (χ1v) is 13.6. The number of piperazine rings is 1. The third kappa shape index (κ3) is 4.63. The molecule has 1 aromatic heterocycles. The Morgan fingerprint density at radius 2 is 1.68 bits per heavy atom. The minimum atomic E-state index is -0.451. The molecule has 2 amide bonds. The number of aromatic nitrogens is 1. The average molecular weight is 515 g/mol. The van der Waals surface area contributed by atoms with E-state index in [1.807, 2.05) is 35.2 Å². The average Bonchev–Trinajstić information content (AvgIpc) is 3.74. The van der Waals surface area contributed by atoms with Gasteiger partial charge in [0, 0.05) is 85.9 Å². The van der Waals surface area contributed by atoms with Gasteiger partial charge >= 0.3 is 0 Å². The molecule has 2 fully saturated rings. The predicted molar refractivity (Wildman–Crippen MR) is 143 cm³/mol. The van der Waals surface area contributed by atoms with Crippen molar-refractivity contribution < 1.29 is 19.6 Å². The summed E-state index contributed by atoms with van der Waals surface area (Å²) in [6.45, 7) is 4.55. The first-order valence-electron chi connectivity index (χ1n) is 13.6. The molecular formula is C30H34N4O4. The third-order valence-electron chi connectivity index (χ3n) is 8.35. The number of amides is 2. The zero-order valence-electron chi connectivity index (χ0n) is 21.8. The number of fused-ring (bicyclic) bond motifs is 3. The molecule has 1 saturated carbocycles. The van der Waals surface area contributed by atoms with E-state index in [4.69, 9.17) is 0 Å². The number of hydrogen-bond acceptors (Lipinski definition) is 5. The minimum Gasteiger partial charge on any atom is -0.340 e. The van der Waals surface area contributed by atoms with Crippen LogP contribution in [0.5, 0.6) is 0 Å². The van der Waals surface area contributed by atoms with Gasteiger partial charge in [-0.3, -0.25) is 24.5 Å². The summed E-state index contributed by atoms with van der Waals surface area (Å²) in [5, 5.41) is 11.0. The van der Waals surface area contributed by atoms with Gasteiger partial charge in [-0.05, 0) is 49.4 Å². The molecule has 6 rings (SSSR count).